The maximum absolute atomic E-state index is 12.8. The fraction of sp³-hybridized carbons (Fsp3) is 0.208. The smallest absolute Gasteiger partial charge is 0.316 e. The van der Waals surface area contributed by atoms with Crippen LogP contribution in [0.2, 0.25) is 0 Å². The number of rotatable bonds is 6. The van der Waals surface area contributed by atoms with Crippen LogP contribution < -0.4 is 5.32 Å². The first-order chi connectivity index (χ1) is 16.7. The average Bonchev–Trinajstić information content (AvgIpc) is 3.14. The lowest BCUT2D eigenvalue weighted by Crippen LogP contribution is -2.38. The molecule has 5 rings (SSSR count). The third-order valence-corrected chi connectivity index (χ3v) is 6.24. The summed E-state index contributed by atoms with van der Waals surface area (Å²) in [5.41, 5.74) is 6.26. The van der Waals surface area contributed by atoms with Gasteiger partial charge in [-0.2, -0.15) is 5.10 Å². The minimum Gasteiger partial charge on any atom is -0.316 e. The summed E-state index contributed by atoms with van der Waals surface area (Å²) in [4.78, 5) is 37.4. The van der Waals surface area contributed by atoms with Gasteiger partial charge in [0.15, 0.2) is 6.73 Å². The van der Waals surface area contributed by atoms with Crippen LogP contribution in [-0.2, 0) is 28.9 Å². The minimum absolute atomic E-state index is 0.223. The number of aryl methyl sites for hydroxylation is 2. The molecule has 3 heterocycles. The van der Waals surface area contributed by atoms with Crippen molar-refractivity contribution in [3.8, 4) is 11.3 Å². The Kier molecular flexibility index (Phi) is 5.90. The number of hydrogen-bond acceptors (Lipinski definition) is 5. The molecule has 35 heavy (non-hydrogen) atoms. The second kappa shape index (κ2) is 8.90. The Hall–Kier alpha value is -3.56. The van der Waals surface area contributed by atoms with Crippen LogP contribution >= 0.6 is 7.82 Å². The van der Waals surface area contributed by atoms with E-state index in [4.69, 9.17) is 4.52 Å². The number of urea groups is 1. The van der Waals surface area contributed by atoms with Crippen LogP contribution in [0.1, 0.15) is 22.5 Å². The third-order valence-electron chi connectivity index (χ3n) is 5.78. The van der Waals surface area contributed by atoms with E-state index in [1.807, 2.05) is 62.4 Å². The van der Waals surface area contributed by atoms with Gasteiger partial charge in [0.25, 0.3) is 0 Å². The van der Waals surface area contributed by atoms with Crippen LogP contribution in [0.3, 0.4) is 0 Å². The summed E-state index contributed by atoms with van der Waals surface area (Å²) in [5, 5.41) is 8.32. The molecule has 2 aromatic carbocycles. The van der Waals surface area contributed by atoms with Crippen LogP contribution in [0.15, 0.2) is 54.6 Å². The highest BCUT2D eigenvalue weighted by Crippen LogP contribution is 2.39. The first-order valence-corrected chi connectivity index (χ1v) is 12.5. The van der Waals surface area contributed by atoms with Gasteiger partial charge in [-0.15, -0.1) is 0 Å². The molecule has 0 saturated carbocycles. The molecule has 180 valence electrons. The number of aromatic nitrogens is 3. The van der Waals surface area contributed by atoms with E-state index in [9.17, 15) is 19.1 Å². The van der Waals surface area contributed by atoms with Gasteiger partial charge in [-0.3, -0.25) is 9.51 Å². The highest BCUT2D eigenvalue weighted by molar-refractivity contribution is 7.46. The van der Waals surface area contributed by atoms with Gasteiger partial charge in [0.1, 0.15) is 5.69 Å². The van der Waals surface area contributed by atoms with E-state index in [-0.39, 0.29) is 6.03 Å². The number of phosphoric acid groups is 1. The van der Waals surface area contributed by atoms with Gasteiger partial charge in [-0.05, 0) is 49.2 Å². The molecule has 2 aromatic heterocycles. The van der Waals surface area contributed by atoms with Gasteiger partial charge < -0.3 is 20.0 Å². The number of fused-ring (bicyclic) bond motifs is 2. The van der Waals surface area contributed by atoms with E-state index < -0.39 is 14.6 Å². The zero-order valence-electron chi connectivity index (χ0n) is 19.2. The molecule has 10 nitrogen and oxygen atoms in total. The Balaban J connectivity index is 1.59. The Morgan fingerprint density at radius 2 is 1.80 bits per heavy atom. The first-order valence-electron chi connectivity index (χ1n) is 11.0. The first kappa shape index (κ1) is 23.2. The monoisotopic (exact) mass is 493 g/mol. The second-order valence-electron chi connectivity index (χ2n) is 8.53. The predicted molar refractivity (Wildman–Crippen MR) is 130 cm³/mol. The standard InChI is InChI=1S/C24H24N5O5P/c1-15-8-18(9-16(2)25-15)23-20-10-19-13-28(12-17-6-4-3-5-7-17)24(30)26-21(19)11-22(20)29(27-23)14-34-35(31,32)33/h3-11H,12-14H2,1-2H3,(H,26,30)(H2,31,32,33). The molecular formula is C24H24N5O5P. The van der Waals surface area contributed by atoms with Crippen LogP contribution in [0.25, 0.3) is 22.2 Å². The predicted octanol–water partition coefficient (Wildman–Crippen LogP) is 4.33. The van der Waals surface area contributed by atoms with Crippen molar-refractivity contribution in [2.45, 2.75) is 33.7 Å². The topological polar surface area (TPSA) is 130 Å². The van der Waals surface area contributed by atoms with Gasteiger partial charge in [-0.1, -0.05) is 30.3 Å². The largest absolute Gasteiger partial charge is 0.471 e. The van der Waals surface area contributed by atoms with Crippen LogP contribution in [0.4, 0.5) is 10.5 Å². The summed E-state index contributed by atoms with van der Waals surface area (Å²) in [6.45, 7) is 4.21. The molecule has 0 saturated heterocycles. The number of carbonyl (C=O) groups excluding carboxylic acids is 1. The highest BCUT2D eigenvalue weighted by atomic mass is 31.2. The molecule has 0 aliphatic carbocycles. The van der Waals surface area contributed by atoms with Gasteiger partial charge in [0, 0.05) is 41.1 Å². The van der Waals surface area contributed by atoms with Gasteiger partial charge in [-0.25, -0.2) is 14.0 Å². The molecule has 0 unspecified atom stereocenters. The fourth-order valence-corrected chi connectivity index (χ4v) is 4.59. The summed E-state index contributed by atoms with van der Waals surface area (Å²) >= 11 is 0. The maximum atomic E-state index is 12.8. The number of phosphoric ester groups is 1. The summed E-state index contributed by atoms with van der Waals surface area (Å²) < 4.78 is 17.4. The number of carbonyl (C=O) groups is 1. The second-order valence-corrected chi connectivity index (χ2v) is 9.77. The number of anilines is 1. The normalized spacial score (nSPS) is 13.7. The van der Waals surface area contributed by atoms with Crippen molar-refractivity contribution in [2.75, 3.05) is 5.32 Å². The minimum atomic E-state index is -4.71. The average molecular weight is 493 g/mol. The lowest BCUT2D eigenvalue weighted by atomic mass is 10.0. The van der Waals surface area contributed by atoms with Crippen molar-refractivity contribution in [3.05, 3.63) is 77.1 Å². The summed E-state index contributed by atoms with van der Waals surface area (Å²) in [7, 11) is -4.71. The molecule has 0 radical (unpaired) electrons. The van der Waals surface area contributed by atoms with Crippen LogP contribution in [0, 0.1) is 13.8 Å². The molecule has 0 spiro atoms. The fourth-order valence-electron chi connectivity index (χ4n) is 4.33. The number of amides is 2. The molecule has 3 N–H and O–H groups in total. The number of nitrogens with zero attached hydrogens (tertiary/aromatic N) is 4. The summed E-state index contributed by atoms with van der Waals surface area (Å²) in [6.07, 6.45) is 0. The van der Waals surface area contributed by atoms with Crippen molar-refractivity contribution < 1.29 is 23.7 Å². The third kappa shape index (κ3) is 4.96. The van der Waals surface area contributed by atoms with Gasteiger partial charge in [0.2, 0.25) is 0 Å². The molecule has 1 aliphatic heterocycles. The Morgan fingerprint density at radius 1 is 1.09 bits per heavy atom. The van der Waals surface area contributed by atoms with E-state index in [0.29, 0.717) is 30.0 Å². The van der Waals surface area contributed by atoms with Crippen molar-refractivity contribution in [1.29, 1.82) is 0 Å². The highest BCUT2D eigenvalue weighted by Gasteiger charge is 2.26. The number of nitrogens with one attached hydrogen (secondary N) is 1. The molecule has 4 aromatic rings. The van der Waals surface area contributed by atoms with Crippen LogP contribution in [-0.4, -0.2) is 35.5 Å². The maximum Gasteiger partial charge on any atom is 0.471 e. The van der Waals surface area contributed by atoms with E-state index in [0.717, 1.165) is 33.5 Å². The molecule has 0 bridgehead atoms. The lowest BCUT2D eigenvalue weighted by Gasteiger charge is -2.29. The molecule has 1 aliphatic rings. The lowest BCUT2D eigenvalue weighted by molar-refractivity contribution is 0.148. The van der Waals surface area contributed by atoms with E-state index in [1.54, 1.807) is 11.0 Å². The number of benzene rings is 2. The summed E-state index contributed by atoms with van der Waals surface area (Å²) in [5.74, 6) is 0. The molecule has 0 atom stereocenters. The Labute approximate surface area is 201 Å². The molecule has 0 fully saturated rings. The Morgan fingerprint density at radius 3 is 2.49 bits per heavy atom. The van der Waals surface area contributed by atoms with Gasteiger partial charge >= 0.3 is 13.9 Å². The molecular weight excluding hydrogens is 469 g/mol. The SMILES string of the molecule is Cc1cc(-c2nn(COP(=O)(O)O)c3cc4c(cc23)CN(Cc2ccccc2)C(=O)N4)cc(C)n1. The molecule has 2 amide bonds. The van der Waals surface area contributed by atoms with Crippen molar-refractivity contribution in [3.63, 3.8) is 0 Å². The number of pyridine rings is 1. The van der Waals surface area contributed by atoms with E-state index in [1.165, 1.54) is 4.68 Å². The van der Waals surface area contributed by atoms with E-state index in [2.05, 4.69) is 15.4 Å². The van der Waals surface area contributed by atoms with Gasteiger partial charge in [0.05, 0.1) is 5.52 Å². The van der Waals surface area contributed by atoms with Crippen molar-refractivity contribution in [2.24, 2.45) is 0 Å². The zero-order chi connectivity index (χ0) is 24.7. The molecule has 11 heteroatoms. The van der Waals surface area contributed by atoms with Crippen LogP contribution in [0.5, 0.6) is 0 Å². The van der Waals surface area contributed by atoms with Crippen molar-refractivity contribution in [1.82, 2.24) is 19.7 Å². The quantitative estimate of drug-likeness (QED) is 0.341. The summed E-state index contributed by atoms with van der Waals surface area (Å²) in [6, 6.07) is 17.1. The zero-order valence-corrected chi connectivity index (χ0v) is 20.1. The number of hydrogen-bond donors (Lipinski definition) is 3. The van der Waals surface area contributed by atoms with E-state index >= 15 is 0 Å². The van der Waals surface area contributed by atoms with Crippen molar-refractivity contribution >= 4 is 30.4 Å². The Bertz CT molecular complexity index is 1460.